The predicted molar refractivity (Wildman–Crippen MR) is 32.9 cm³/mol. The van der Waals surface area contributed by atoms with E-state index in [2.05, 4.69) is 14.4 Å². The van der Waals surface area contributed by atoms with Crippen molar-refractivity contribution in [3.8, 4) is 0 Å². The Morgan fingerprint density at radius 2 is 1.90 bits per heavy atom. The highest BCUT2D eigenvalue weighted by Crippen LogP contribution is 1.92. The first kappa shape index (κ1) is 9.19. The fourth-order valence-electron chi connectivity index (χ4n) is 0.400. The molecule has 0 saturated heterocycles. The van der Waals surface area contributed by atoms with Gasteiger partial charge in [-0.25, -0.2) is 14.5 Å². The molecular weight excluding hydrogens is 138 g/mol. The van der Waals surface area contributed by atoms with Crippen LogP contribution in [-0.4, -0.2) is 32.1 Å². The molecule has 0 unspecified atom stereocenters. The lowest BCUT2D eigenvalue weighted by molar-refractivity contribution is -0.309. The molecule has 0 heterocycles. The van der Waals surface area contributed by atoms with Crippen LogP contribution in [0.3, 0.4) is 0 Å². The van der Waals surface area contributed by atoms with Crippen LogP contribution in [0.1, 0.15) is 6.92 Å². The molecule has 0 aliphatic heterocycles. The van der Waals surface area contributed by atoms with Crippen LogP contribution < -0.4 is 0 Å². The lowest BCUT2D eigenvalue weighted by Crippen LogP contribution is -2.29. The summed E-state index contributed by atoms with van der Waals surface area (Å²) in [5.74, 6) is 0. The Morgan fingerprint density at radius 3 is 2.20 bits per heavy atom. The molecule has 0 aliphatic rings. The molecule has 0 saturated carbocycles. The summed E-state index contributed by atoms with van der Waals surface area (Å²) in [6, 6.07) is 0. The van der Waals surface area contributed by atoms with Gasteiger partial charge < -0.3 is 4.74 Å². The van der Waals surface area contributed by atoms with Crippen LogP contribution in [-0.2, 0) is 14.4 Å². The van der Waals surface area contributed by atoms with Gasteiger partial charge in [0.05, 0.1) is 20.8 Å². The van der Waals surface area contributed by atoms with E-state index in [1.165, 1.54) is 14.2 Å². The van der Waals surface area contributed by atoms with Crippen LogP contribution in [0.5, 0.6) is 0 Å². The largest absolute Gasteiger partial charge is 0.459 e. The Morgan fingerprint density at radius 1 is 1.40 bits per heavy atom. The Kier molecular flexibility index (Phi) is 4.61. The van der Waals surface area contributed by atoms with Gasteiger partial charge in [0.1, 0.15) is 0 Å². The Hall–Kier alpha value is -0.810. The zero-order valence-electron chi connectivity index (χ0n) is 6.29. The molecular formula is C5H11NO4. The van der Waals surface area contributed by atoms with Crippen molar-refractivity contribution in [2.24, 2.45) is 0 Å². The van der Waals surface area contributed by atoms with Crippen molar-refractivity contribution in [3.63, 3.8) is 0 Å². The first-order valence-corrected chi connectivity index (χ1v) is 2.81. The minimum atomic E-state index is -0.660. The second-order valence-corrected chi connectivity index (χ2v) is 1.32. The highest BCUT2D eigenvalue weighted by atomic mass is 17.0. The molecule has 0 aromatic carbocycles. The van der Waals surface area contributed by atoms with Crippen molar-refractivity contribution in [1.29, 1.82) is 0 Å². The minimum absolute atomic E-state index is 0.294. The van der Waals surface area contributed by atoms with Crippen LogP contribution in [0.25, 0.3) is 0 Å². The maximum Gasteiger partial charge on any atom is 0.459 e. The van der Waals surface area contributed by atoms with Crippen molar-refractivity contribution in [1.82, 2.24) is 5.23 Å². The molecule has 5 heteroatoms. The molecule has 0 spiro atoms. The molecule has 1 amide bonds. The lowest BCUT2D eigenvalue weighted by atomic mass is 10.9. The van der Waals surface area contributed by atoms with Gasteiger partial charge in [0.2, 0.25) is 0 Å². The van der Waals surface area contributed by atoms with Crippen LogP contribution in [0.15, 0.2) is 0 Å². The topological polar surface area (TPSA) is 48.0 Å². The molecule has 0 atom stereocenters. The van der Waals surface area contributed by atoms with Crippen molar-refractivity contribution < 1.29 is 19.2 Å². The highest BCUT2D eigenvalue weighted by molar-refractivity contribution is 5.64. The normalized spacial score (nSPS) is 9.10. The smallest absolute Gasteiger partial charge is 0.447 e. The first-order valence-electron chi connectivity index (χ1n) is 2.81. The number of amides is 1. The van der Waals surface area contributed by atoms with Crippen molar-refractivity contribution in [2.75, 3.05) is 20.8 Å². The van der Waals surface area contributed by atoms with Crippen molar-refractivity contribution >= 4 is 6.09 Å². The maximum absolute atomic E-state index is 10.7. The van der Waals surface area contributed by atoms with E-state index >= 15 is 0 Å². The van der Waals surface area contributed by atoms with Crippen molar-refractivity contribution in [2.45, 2.75) is 6.92 Å². The van der Waals surface area contributed by atoms with E-state index in [0.29, 0.717) is 11.8 Å². The van der Waals surface area contributed by atoms with Crippen LogP contribution >= 0.6 is 0 Å². The molecule has 0 aromatic rings. The number of hydrogen-bond donors (Lipinski definition) is 0. The van der Waals surface area contributed by atoms with E-state index in [1.54, 1.807) is 6.92 Å². The zero-order valence-corrected chi connectivity index (χ0v) is 6.29. The summed E-state index contributed by atoms with van der Waals surface area (Å²) in [6.45, 7) is 1.99. The first-order chi connectivity index (χ1) is 4.76. The molecule has 0 aromatic heterocycles. The van der Waals surface area contributed by atoms with Gasteiger partial charge in [-0.05, 0) is 12.2 Å². The van der Waals surface area contributed by atoms with E-state index < -0.39 is 6.09 Å². The standard InChI is InChI=1S/C5H11NO4/c1-4-10-5(7)6(8-2)9-3/h4H2,1-3H3. The number of carbonyl (C=O) groups is 1. The molecule has 5 nitrogen and oxygen atoms in total. The monoisotopic (exact) mass is 149 g/mol. The van der Waals surface area contributed by atoms with Gasteiger partial charge in [-0.1, -0.05) is 0 Å². The summed E-state index contributed by atoms with van der Waals surface area (Å²) < 4.78 is 4.52. The molecule has 0 rings (SSSR count). The summed E-state index contributed by atoms with van der Waals surface area (Å²) in [5.41, 5.74) is 0. The maximum atomic E-state index is 10.7. The summed E-state index contributed by atoms with van der Waals surface area (Å²) in [4.78, 5) is 19.6. The quantitative estimate of drug-likeness (QED) is 0.550. The SMILES string of the molecule is CCOC(=O)N(OC)OC. The van der Waals surface area contributed by atoms with E-state index in [-0.39, 0.29) is 0 Å². The third-order valence-electron chi connectivity index (χ3n) is 0.749. The van der Waals surface area contributed by atoms with E-state index in [0.717, 1.165) is 0 Å². The average Bonchev–Trinajstić information content (AvgIpc) is 1.91. The summed E-state index contributed by atoms with van der Waals surface area (Å²) >= 11 is 0. The molecule has 0 fully saturated rings. The number of ether oxygens (including phenoxy) is 1. The van der Waals surface area contributed by atoms with Gasteiger partial charge in [-0.15, -0.1) is 0 Å². The fourth-order valence-corrected chi connectivity index (χ4v) is 0.400. The highest BCUT2D eigenvalue weighted by Gasteiger charge is 2.12. The predicted octanol–water partition coefficient (Wildman–Crippen LogP) is 0.568. The zero-order chi connectivity index (χ0) is 7.98. The third kappa shape index (κ3) is 2.65. The minimum Gasteiger partial charge on any atom is -0.447 e. The number of carbonyl (C=O) groups excluding carboxylic acids is 1. The molecule has 60 valence electrons. The molecule has 0 N–H and O–H groups in total. The van der Waals surface area contributed by atoms with E-state index in [1.807, 2.05) is 0 Å². The van der Waals surface area contributed by atoms with Gasteiger partial charge in [0.25, 0.3) is 0 Å². The Balaban J connectivity index is 3.65. The van der Waals surface area contributed by atoms with Crippen LogP contribution in [0.2, 0.25) is 0 Å². The van der Waals surface area contributed by atoms with Gasteiger partial charge in [0, 0.05) is 0 Å². The van der Waals surface area contributed by atoms with Crippen LogP contribution in [0, 0.1) is 0 Å². The Bertz CT molecular complexity index is 102. The third-order valence-corrected chi connectivity index (χ3v) is 0.749. The summed E-state index contributed by atoms with van der Waals surface area (Å²) in [5, 5.41) is 0.642. The fraction of sp³-hybridized carbons (Fsp3) is 0.800. The van der Waals surface area contributed by atoms with Gasteiger partial charge in [-0.3, -0.25) is 0 Å². The second kappa shape index (κ2) is 5.01. The van der Waals surface area contributed by atoms with Gasteiger partial charge >= 0.3 is 6.09 Å². The molecule has 0 radical (unpaired) electrons. The van der Waals surface area contributed by atoms with Gasteiger partial charge in [0.15, 0.2) is 0 Å². The second-order valence-electron chi connectivity index (χ2n) is 1.32. The van der Waals surface area contributed by atoms with Gasteiger partial charge in [-0.2, -0.15) is 0 Å². The Labute approximate surface area is 59.4 Å². The average molecular weight is 149 g/mol. The molecule has 0 bridgehead atoms. The van der Waals surface area contributed by atoms with Crippen LogP contribution in [0.4, 0.5) is 4.79 Å². The summed E-state index contributed by atoms with van der Waals surface area (Å²) in [6.07, 6.45) is -0.660. The number of nitrogens with zero attached hydrogens (tertiary/aromatic N) is 1. The number of hydrogen-bond acceptors (Lipinski definition) is 4. The number of rotatable bonds is 3. The van der Waals surface area contributed by atoms with E-state index in [4.69, 9.17) is 0 Å². The number of hydroxylamine groups is 2. The molecule has 0 aliphatic carbocycles. The van der Waals surface area contributed by atoms with E-state index in [9.17, 15) is 4.79 Å². The molecule has 10 heavy (non-hydrogen) atoms. The van der Waals surface area contributed by atoms with Crippen molar-refractivity contribution in [3.05, 3.63) is 0 Å². The lowest BCUT2D eigenvalue weighted by Gasteiger charge is -2.14. The summed E-state index contributed by atoms with van der Waals surface area (Å²) in [7, 11) is 2.61.